The van der Waals surface area contributed by atoms with Gasteiger partial charge in [0.1, 0.15) is 5.82 Å². The smallest absolute Gasteiger partial charge is 0.257 e. The number of aliphatic hydroxyl groups is 1. The van der Waals surface area contributed by atoms with Crippen LogP contribution in [-0.2, 0) is 4.79 Å². The second kappa shape index (κ2) is 5.09. The highest BCUT2D eigenvalue weighted by Crippen LogP contribution is 2.41. The van der Waals surface area contributed by atoms with Gasteiger partial charge in [0.2, 0.25) is 0 Å². The number of fused-ring (bicyclic) bond motifs is 1. The fraction of sp³-hybridized carbons (Fsp3) is 0.0714. The van der Waals surface area contributed by atoms with Crippen LogP contribution in [0.2, 0.25) is 5.02 Å². The summed E-state index contributed by atoms with van der Waals surface area (Å²) in [5, 5.41) is 12.6. The lowest BCUT2D eigenvalue weighted by Gasteiger charge is -2.08. The van der Waals surface area contributed by atoms with Gasteiger partial charge in [0.05, 0.1) is 5.02 Å². The predicted molar refractivity (Wildman–Crippen MR) is 75.6 cm³/mol. The number of rotatable bonds is 2. The molecular formula is C14H9ClFNO2S. The molecule has 2 aromatic carbocycles. The van der Waals surface area contributed by atoms with Crippen LogP contribution in [-0.4, -0.2) is 11.0 Å². The van der Waals surface area contributed by atoms with Crippen LogP contribution >= 0.6 is 23.4 Å². The Balaban J connectivity index is 1.99. The number of halogens is 2. The molecule has 0 saturated heterocycles. The maximum atomic E-state index is 13.6. The van der Waals surface area contributed by atoms with E-state index in [-0.39, 0.29) is 5.82 Å². The Bertz CT molecular complexity index is 708. The molecule has 1 amide bonds. The molecule has 0 aromatic heterocycles. The summed E-state index contributed by atoms with van der Waals surface area (Å²) in [6.07, 6.45) is -1.20. The summed E-state index contributed by atoms with van der Waals surface area (Å²) in [4.78, 5) is 12.5. The number of hydrogen-bond acceptors (Lipinski definition) is 3. The SMILES string of the molecule is O=C1Nc2cc(Sc3ccccc3F)c(Cl)cc2C1O. The van der Waals surface area contributed by atoms with Gasteiger partial charge in [0.15, 0.2) is 6.10 Å². The fourth-order valence-corrected chi connectivity index (χ4v) is 3.14. The molecule has 0 saturated carbocycles. The van der Waals surface area contributed by atoms with E-state index in [0.29, 0.717) is 26.1 Å². The zero-order chi connectivity index (χ0) is 14.3. The van der Waals surface area contributed by atoms with Crippen molar-refractivity contribution in [3.63, 3.8) is 0 Å². The number of aliphatic hydroxyl groups excluding tert-OH is 1. The van der Waals surface area contributed by atoms with Gasteiger partial charge in [-0.2, -0.15) is 0 Å². The maximum absolute atomic E-state index is 13.6. The van der Waals surface area contributed by atoms with Gasteiger partial charge in [-0.05, 0) is 24.3 Å². The van der Waals surface area contributed by atoms with E-state index in [4.69, 9.17) is 11.6 Å². The Morgan fingerprint density at radius 3 is 2.75 bits per heavy atom. The van der Waals surface area contributed by atoms with Gasteiger partial charge in [-0.3, -0.25) is 4.79 Å². The number of nitrogens with one attached hydrogen (secondary N) is 1. The third kappa shape index (κ3) is 2.28. The molecule has 0 radical (unpaired) electrons. The first-order chi connectivity index (χ1) is 9.56. The zero-order valence-electron chi connectivity index (χ0n) is 10.1. The van der Waals surface area contributed by atoms with E-state index < -0.39 is 12.0 Å². The molecule has 2 aromatic rings. The van der Waals surface area contributed by atoms with Crippen LogP contribution < -0.4 is 5.32 Å². The Morgan fingerprint density at radius 2 is 2.00 bits per heavy atom. The van der Waals surface area contributed by atoms with Crippen molar-refractivity contribution in [1.82, 2.24) is 0 Å². The quantitative estimate of drug-likeness (QED) is 0.891. The molecule has 1 aliphatic rings. The fourth-order valence-electron chi connectivity index (χ4n) is 1.97. The van der Waals surface area contributed by atoms with Crippen LogP contribution in [0.3, 0.4) is 0 Å². The Hall–Kier alpha value is -1.56. The molecule has 0 spiro atoms. The average Bonchev–Trinajstić information content (AvgIpc) is 2.69. The van der Waals surface area contributed by atoms with Crippen LogP contribution in [0, 0.1) is 5.82 Å². The monoisotopic (exact) mass is 309 g/mol. The lowest BCUT2D eigenvalue weighted by atomic mass is 10.1. The van der Waals surface area contributed by atoms with E-state index in [9.17, 15) is 14.3 Å². The number of anilines is 1. The first kappa shape index (κ1) is 13.4. The lowest BCUT2D eigenvalue weighted by Crippen LogP contribution is -2.10. The van der Waals surface area contributed by atoms with Gasteiger partial charge in [-0.25, -0.2) is 4.39 Å². The predicted octanol–water partition coefficient (Wildman–Crippen LogP) is 3.62. The number of benzene rings is 2. The molecule has 2 N–H and O–H groups in total. The van der Waals surface area contributed by atoms with Gasteiger partial charge < -0.3 is 10.4 Å². The van der Waals surface area contributed by atoms with Gasteiger partial charge in [0, 0.05) is 21.0 Å². The second-order valence-corrected chi connectivity index (χ2v) is 5.79. The van der Waals surface area contributed by atoms with Crippen molar-refractivity contribution in [2.24, 2.45) is 0 Å². The van der Waals surface area contributed by atoms with Gasteiger partial charge in [0.25, 0.3) is 5.91 Å². The Kier molecular flexibility index (Phi) is 3.41. The standard InChI is InChI=1S/C14H9ClFNO2S/c15-8-5-7-10(17-14(19)13(7)18)6-12(8)20-11-4-2-1-3-9(11)16/h1-6,13,18H,(H,17,19). The molecule has 102 valence electrons. The largest absolute Gasteiger partial charge is 0.378 e. The topological polar surface area (TPSA) is 49.3 Å². The number of carbonyl (C=O) groups is 1. The molecule has 1 heterocycles. The van der Waals surface area contributed by atoms with Crippen molar-refractivity contribution in [2.75, 3.05) is 5.32 Å². The Morgan fingerprint density at radius 1 is 1.25 bits per heavy atom. The highest BCUT2D eigenvalue weighted by Gasteiger charge is 2.29. The van der Waals surface area contributed by atoms with E-state index in [0.717, 1.165) is 0 Å². The average molecular weight is 310 g/mol. The third-order valence-electron chi connectivity index (χ3n) is 2.96. The first-order valence-corrected chi connectivity index (χ1v) is 7.00. The van der Waals surface area contributed by atoms with Gasteiger partial charge >= 0.3 is 0 Å². The molecule has 0 fully saturated rings. The number of amides is 1. The van der Waals surface area contributed by atoms with Gasteiger partial charge in [-0.1, -0.05) is 35.5 Å². The molecule has 3 rings (SSSR count). The molecular weight excluding hydrogens is 301 g/mol. The molecule has 3 nitrogen and oxygen atoms in total. The summed E-state index contributed by atoms with van der Waals surface area (Å²) in [7, 11) is 0. The summed E-state index contributed by atoms with van der Waals surface area (Å²) in [5.74, 6) is -0.817. The summed E-state index contributed by atoms with van der Waals surface area (Å²) in [6, 6.07) is 9.54. The van der Waals surface area contributed by atoms with Crippen LogP contribution in [0.15, 0.2) is 46.2 Å². The third-order valence-corrected chi connectivity index (χ3v) is 4.49. The van der Waals surface area contributed by atoms with E-state index in [1.54, 1.807) is 24.3 Å². The van der Waals surface area contributed by atoms with E-state index in [2.05, 4.69) is 5.32 Å². The summed E-state index contributed by atoms with van der Waals surface area (Å²) in [6.45, 7) is 0. The maximum Gasteiger partial charge on any atom is 0.257 e. The van der Waals surface area contributed by atoms with Crippen molar-refractivity contribution in [3.8, 4) is 0 Å². The molecule has 1 unspecified atom stereocenters. The minimum Gasteiger partial charge on any atom is -0.378 e. The minimum absolute atomic E-state index is 0.335. The molecule has 6 heteroatoms. The van der Waals surface area contributed by atoms with Crippen LogP contribution in [0.4, 0.5) is 10.1 Å². The highest BCUT2D eigenvalue weighted by molar-refractivity contribution is 7.99. The van der Waals surface area contributed by atoms with Crippen molar-refractivity contribution in [1.29, 1.82) is 0 Å². The zero-order valence-corrected chi connectivity index (χ0v) is 11.6. The number of hydrogen-bond donors (Lipinski definition) is 2. The summed E-state index contributed by atoms with van der Waals surface area (Å²) >= 11 is 7.30. The molecule has 0 bridgehead atoms. The lowest BCUT2D eigenvalue weighted by molar-refractivity contribution is -0.123. The molecule has 1 atom stereocenters. The van der Waals surface area contributed by atoms with E-state index in [1.807, 2.05) is 0 Å². The van der Waals surface area contributed by atoms with Crippen molar-refractivity contribution >= 4 is 35.0 Å². The van der Waals surface area contributed by atoms with Gasteiger partial charge in [-0.15, -0.1) is 0 Å². The van der Waals surface area contributed by atoms with Crippen LogP contribution in [0.1, 0.15) is 11.7 Å². The van der Waals surface area contributed by atoms with E-state index >= 15 is 0 Å². The normalized spacial score (nSPS) is 16.9. The molecule has 20 heavy (non-hydrogen) atoms. The summed E-state index contributed by atoms with van der Waals surface area (Å²) < 4.78 is 13.6. The van der Waals surface area contributed by atoms with E-state index in [1.165, 1.54) is 23.9 Å². The summed E-state index contributed by atoms with van der Waals surface area (Å²) in [5.41, 5.74) is 0.948. The first-order valence-electron chi connectivity index (χ1n) is 5.81. The minimum atomic E-state index is -1.20. The van der Waals surface area contributed by atoms with Crippen LogP contribution in [0.25, 0.3) is 0 Å². The molecule has 1 aliphatic heterocycles. The van der Waals surface area contributed by atoms with Crippen molar-refractivity contribution in [3.05, 3.63) is 52.8 Å². The van der Waals surface area contributed by atoms with Crippen molar-refractivity contribution < 1.29 is 14.3 Å². The highest BCUT2D eigenvalue weighted by atomic mass is 35.5. The second-order valence-electron chi connectivity index (χ2n) is 4.29. The molecule has 0 aliphatic carbocycles. The Labute approximate surface area is 123 Å². The van der Waals surface area contributed by atoms with Crippen LogP contribution in [0.5, 0.6) is 0 Å². The number of carbonyl (C=O) groups excluding carboxylic acids is 1. The van der Waals surface area contributed by atoms with Crippen molar-refractivity contribution in [2.45, 2.75) is 15.9 Å².